The highest BCUT2D eigenvalue weighted by Gasteiger charge is 2.37. The van der Waals surface area contributed by atoms with E-state index in [2.05, 4.69) is 16.0 Å². The molecule has 1 amide bonds. The fraction of sp³-hybridized carbons (Fsp3) is 0.360. The van der Waals surface area contributed by atoms with Gasteiger partial charge in [0, 0.05) is 30.5 Å². The number of allylic oxidation sites excluding steroid dienone is 2. The van der Waals surface area contributed by atoms with Crippen molar-refractivity contribution >= 4 is 23.7 Å². The van der Waals surface area contributed by atoms with E-state index in [1.807, 2.05) is 77.0 Å². The summed E-state index contributed by atoms with van der Waals surface area (Å²) in [7, 11) is 4.03. The number of aromatic nitrogens is 1. The third-order valence-corrected chi connectivity index (χ3v) is 6.64. The van der Waals surface area contributed by atoms with Crippen LogP contribution in [0.5, 0.6) is 5.75 Å². The molecule has 2 heterocycles. The van der Waals surface area contributed by atoms with Crippen molar-refractivity contribution in [2.24, 2.45) is 0 Å². The highest BCUT2D eigenvalue weighted by molar-refractivity contribution is 8.04. The number of amides is 1. The van der Waals surface area contributed by atoms with E-state index in [0.717, 1.165) is 45.0 Å². The van der Waals surface area contributed by atoms with Gasteiger partial charge in [-0.3, -0.25) is 9.78 Å². The lowest BCUT2D eigenvalue weighted by atomic mass is 10.0. The number of benzene rings is 1. The highest BCUT2D eigenvalue weighted by Crippen LogP contribution is 2.46. The van der Waals surface area contributed by atoms with Crippen molar-refractivity contribution in [1.29, 1.82) is 0 Å². The summed E-state index contributed by atoms with van der Waals surface area (Å²) in [6, 6.07) is 7.90. The number of phenolic OH excluding ortho intramolecular Hbond substituents is 1. The Bertz CT molecular complexity index is 1020. The second kappa shape index (κ2) is 9.71. The third-order valence-electron chi connectivity index (χ3n) is 5.36. The van der Waals surface area contributed by atoms with Crippen LogP contribution in [-0.2, 0) is 4.79 Å². The molecule has 1 saturated heterocycles. The number of phenols is 1. The van der Waals surface area contributed by atoms with Gasteiger partial charge in [-0.25, -0.2) is 0 Å². The number of pyridine rings is 1. The summed E-state index contributed by atoms with van der Waals surface area (Å²) in [5, 5.41) is 9.94. The third kappa shape index (κ3) is 5.38. The molecule has 1 aromatic heterocycles. The van der Waals surface area contributed by atoms with Crippen molar-refractivity contribution in [2.75, 3.05) is 27.2 Å². The first-order valence-electron chi connectivity index (χ1n) is 10.4. The maximum Gasteiger partial charge on any atom is 0.261 e. The number of hydrogen-bond acceptors (Lipinski definition) is 5. The molecule has 3 rings (SSSR count). The Morgan fingerprint density at radius 2 is 1.94 bits per heavy atom. The second-order valence-electron chi connectivity index (χ2n) is 8.35. The van der Waals surface area contributed by atoms with Crippen molar-refractivity contribution in [1.82, 2.24) is 14.8 Å². The molecule has 6 heteroatoms. The molecule has 31 heavy (non-hydrogen) atoms. The molecule has 0 spiro atoms. The van der Waals surface area contributed by atoms with Gasteiger partial charge in [-0.15, -0.1) is 0 Å². The summed E-state index contributed by atoms with van der Waals surface area (Å²) < 4.78 is 0. The lowest BCUT2D eigenvalue weighted by Crippen LogP contribution is -2.34. The van der Waals surface area contributed by atoms with Crippen molar-refractivity contribution in [3.8, 4) is 5.75 Å². The van der Waals surface area contributed by atoms with Gasteiger partial charge in [0.05, 0.1) is 4.91 Å². The summed E-state index contributed by atoms with van der Waals surface area (Å²) in [4.78, 5) is 22.5. The molecule has 1 N–H and O–H groups in total. The zero-order valence-corrected chi connectivity index (χ0v) is 20.0. The SMILES string of the molecule is CC(/C=C1\SC(c2cccnc2C)N(CCN(C)C)C1=O)=C\c1cc(C)c(O)c(C)c1. The van der Waals surface area contributed by atoms with Crippen molar-refractivity contribution < 1.29 is 9.90 Å². The van der Waals surface area contributed by atoms with Gasteiger partial charge < -0.3 is 14.9 Å². The maximum atomic E-state index is 13.3. The smallest absolute Gasteiger partial charge is 0.261 e. The second-order valence-corrected chi connectivity index (χ2v) is 9.47. The van der Waals surface area contributed by atoms with E-state index in [-0.39, 0.29) is 11.3 Å². The summed E-state index contributed by atoms with van der Waals surface area (Å²) in [5.41, 5.74) is 5.74. The fourth-order valence-electron chi connectivity index (χ4n) is 3.68. The van der Waals surface area contributed by atoms with Gasteiger partial charge in [0.15, 0.2) is 0 Å². The molecular weight excluding hydrogens is 406 g/mol. The monoisotopic (exact) mass is 437 g/mol. The van der Waals surface area contributed by atoms with E-state index in [1.54, 1.807) is 18.0 Å². The predicted octanol–water partition coefficient (Wildman–Crippen LogP) is 4.84. The van der Waals surface area contributed by atoms with Gasteiger partial charge in [0.2, 0.25) is 0 Å². The topological polar surface area (TPSA) is 56.7 Å². The van der Waals surface area contributed by atoms with Crippen LogP contribution in [0.25, 0.3) is 6.08 Å². The largest absolute Gasteiger partial charge is 0.507 e. The molecule has 1 unspecified atom stereocenters. The zero-order chi connectivity index (χ0) is 22.7. The first-order valence-corrected chi connectivity index (χ1v) is 11.3. The molecule has 1 aliphatic rings. The molecule has 1 aromatic carbocycles. The summed E-state index contributed by atoms with van der Waals surface area (Å²) in [6.07, 6.45) is 5.81. The zero-order valence-electron chi connectivity index (χ0n) is 19.1. The Balaban J connectivity index is 1.92. The van der Waals surface area contributed by atoms with E-state index in [1.165, 1.54) is 0 Å². The Hall–Kier alpha value is -2.57. The van der Waals surface area contributed by atoms with Crippen LogP contribution in [-0.4, -0.2) is 53.0 Å². The number of aromatic hydroxyl groups is 1. The summed E-state index contributed by atoms with van der Waals surface area (Å²) in [6.45, 7) is 9.25. The van der Waals surface area contributed by atoms with Crippen LogP contribution >= 0.6 is 11.8 Å². The average Bonchev–Trinajstić information content (AvgIpc) is 3.00. The lowest BCUT2D eigenvalue weighted by Gasteiger charge is -2.25. The van der Waals surface area contributed by atoms with Gasteiger partial charge in [-0.05, 0) is 88.3 Å². The summed E-state index contributed by atoms with van der Waals surface area (Å²) in [5.74, 6) is 0.395. The molecule has 1 fully saturated rings. The standard InChI is InChI=1S/C25H31N3O2S/c1-16(12-20-14-17(2)23(29)18(3)15-20)13-22-24(30)28(11-10-27(5)6)25(31-22)21-8-7-9-26-19(21)4/h7-9,12-15,25,29H,10-11H2,1-6H3/b16-12+,22-13-. The van der Waals surface area contributed by atoms with Gasteiger partial charge in [-0.2, -0.15) is 0 Å². The van der Waals surface area contributed by atoms with Crippen LogP contribution in [0.3, 0.4) is 0 Å². The van der Waals surface area contributed by atoms with Crippen molar-refractivity contribution in [2.45, 2.75) is 33.1 Å². The highest BCUT2D eigenvalue weighted by atomic mass is 32.2. The van der Waals surface area contributed by atoms with Crippen LogP contribution in [0.2, 0.25) is 0 Å². The van der Waals surface area contributed by atoms with Gasteiger partial charge in [0.25, 0.3) is 5.91 Å². The van der Waals surface area contributed by atoms with E-state index in [0.29, 0.717) is 12.3 Å². The number of nitrogens with zero attached hydrogens (tertiary/aromatic N) is 3. The van der Waals surface area contributed by atoms with Crippen LogP contribution in [0.4, 0.5) is 0 Å². The number of carbonyl (C=O) groups is 1. The lowest BCUT2D eigenvalue weighted by molar-refractivity contribution is -0.126. The summed E-state index contributed by atoms with van der Waals surface area (Å²) >= 11 is 1.59. The molecule has 5 nitrogen and oxygen atoms in total. The van der Waals surface area contributed by atoms with E-state index in [9.17, 15) is 9.90 Å². The van der Waals surface area contributed by atoms with Crippen LogP contribution in [0.1, 0.15) is 40.2 Å². The van der Waals surface area contributed by atoms with Gasteiger partial charge in [-0.1, -0.05) is 23.9 Å². The molecule has 0 aliphatic carbocycles. The minimum Gasteiger partial charge on any atom is -0.507 e. The molecule has 0 radical (unpaired) electrons. The molecular formula is C25H31N3O2S. The predicted molar refractivity (Wildman–Crippen MR) is 129 cm³/mol. The number of aryl methyl sites for hydroxylation is 3. The number of likely N-dealkylation sites (N-methyl/N-ethyl adjacent to an activating group) is 1. The molecule has 0 bridgehead atoms. The minimum atomic E-state index is -0.0710. The minimum absolute atomic E-state index is 0.0610. The quantitative estimate of drug-likeness (QED) is 0.656. The number of thioether (sulfide) groups is 1. The van der Waals surface area contributed by atoms with Crippen molar-refractivity contribution in [3.05, 3.63) is 75.0 Å². The Morgan fingerprint density at radius 3 is 2.55 bits per heavy atom. The molecule has 164 valence electrons. The normalized spacial score (nSPS) is 18.5. The number of hydrogen-bond donors (Lipinski definition) is 1. The van der Waals surface area contributed by atoms with E-state index >= 15 is 0 Å². The molecule has 1 aliphatic heterocycles. The van der Waals surface area contributed by atoms with Crippen LogP contribution in [0.15, 0.2) is 47.0 Å². The van der Waals surface area contributed by atoms with E-state index < -0.39 is 0 Å². The van der Waals surface area contributed by atoms with Crippen molar-refractivity contribution in [3.63, 3.8) is 0 Å². The number of carbonyl (C=O) groups excluding carboxylic acids is 1. The Kier molecular flexibility index (Phi) is 7.23. The fourth-order valence-corrected chi connectivity index (χ4v) is 5.09. The van der Waals surface area contributed by atoms with Crippen LogP contribution in [0, 0.1) is 20.8 Å². The first-order chi connectivity index (χ1) is 14.7. The number of rotatable bonds is 6. The average molecular weight is 438 g/mol. The maximum absolute atomic E-state index is 13.3. The van der Waals surface area contributed by atoms with Gasteiger partial charge in [0.1, 0.15) is 11.1 Å². The van der Waals surface area contributed by atoms with E-state index in [4.69, 9.17) is 0 Å². The first kappa shape index (κ1) is 23.1. The van der Waals surface area contributed by atoms with Crippen LogP contribution < -0.4 is 0 Å². The molecule has 0 saturated carbocycles. The molecule has 2 aromatic rings. The Morgan fingerprint density at radius 1 is 1.26 bits per heavy atom. The van der Waals surface area contributed by atoms with Gasteiger partial charge >= 0.3 is 0 Å². The molecule has 1 atom stereocenters. The Labute approximate surface area is 189 Å².